The summed E-state index contributed by atoms with van der Waals surface area (Å²) in [4.78, 5) is 28.8. The van der Waals surface area contributed by atoms with Crippen molar-refractivity contribution < 1.29 is 19.4 Å². The van der Waals surface area contributed by atoms with Gasteiger partial charge in [0.1, 0.15) is 11.8 Å². The fourth-order valence-electron chi connectivity index (χ4n) is 3.04. The second kappa shape index (κ2) is 8.53. The fourth-order valence-corrected chi connectivity index (χ4v) is 3.04. The normalized spacial score (nSPS) is 11.9. The highest BCUT2D eigenvalue weighted by molar-refractivity contribution is 5.93. The number of primary amides is 1. The van der Waals surface area contributed by atoms with Crippen molar-refractivity contribution in [2.24, 2.45) is 5.73 Å². The number of imidazole rings is 1. The first-order chi connectivity index (χ1) is 13.5. The molecule has 0 aliphatic rings. The van der Waals surface area contributed by atoms with Gasteiger partial charge in [-0.05, 0) is 29.8 Å². The largest absolute Gasteiger partial charge is 0.497 e. The molecule has 146 valence electrons. The van der Waals surface area contributed by atoms with Gasteiger partial charge in [0.15, 0.2) is 0 Å². The minimum absolute atomic E-state index is 0.0665. The van der Waals surface area contributed by atoms with Crippen molar-refractivity contribution in [1.29, 1.82) is 0 Å². The molecule has 1 aromatic heterocycles. The van der Waals surface area contributed by atoms with E-state index < -0.39 is 17.9 Å². The highest BCUT2D eigenvalue weighted by Gasteiger charge is 2.25. The van der Waals surface area contributed by atoms with Crippen molar-refractivity contribution in [2.75, 3.05) is 19.0 Å². The summed E-state index contributed by atoms with van der Waals surface area (Å²) in [6.45, 7) is -0.281. The first-order valence-electron chi connectivity index (χ1n) is 8.83. The Morgan fingerprint density at radius 2 is 1.93 bits per heavy atom. The van der Waals surface area contributed by atoms with E-state index in [1.54, 1.807) is 17.7 Å². The number of nitrogens with zero attached hydrogens (tertiary/aromatic N) is 2. The summed E-state index contributed by atoms with van der Waals surface area (Å²) < 4.78 is 6.80. The zero-order chi connectivity index (χ0) is 20.1. The number of amides is 2. The Balaban J connectivity index is 2.02. The average molecular weight is 382 g/mol. The monoisotopic (exact) mass is 382 g/mol. The zero-order valence-electron chi connectivity index (χ0n) is 15.5. The van der Waals surface area contributed by atoms with Gasteiger partial charge in [-0.1, -0.05) is 24.3 Å². The number of methoxy groups -OCH3 is 1. The molecule has 1 atom stereocenters. The van der Waals surface area contributed by atoms with Gasteiger partial charge in [-0.2, -0.15) is 0 Å². The number of fused-ring (bicyclic) bond motifs is 1. The molecule has 1 heterocycles. The van der Waals surface area contributed by atoms with Gasteiger partial charge >= 0.3 is 0 Å². The maximum atomic E-state index is 12.3. The van der Waals surface area contributed by atoms with Crippen LogP contribution in [0.1, 0.15) is 18.0 Å². The van der Waals surface area contributed by atoms with Crippen LogP contribution in [0.3, 0.4) is 0 Å². The SMILES string of the molecule is COc1ccc(CC(C(N)=O)n2c(NC(=O)CCO)nc3ccccc32)cc1. The quantitative estimate of drug-likeness (QED) is 0.547. The van der Waals surface area contributed by atoms with Crippen molar-refractivity contribution >= 4 is 28.8 Å². The smallest absolute Gasteiger partial charge is 0.240 e. The molecule has 28 heavy (non-hydrogen) atoms. The summed E-state index contributed by atoms with van der Waals surface area (Å²) in [5, 5.41) is 11.7. The molecule has 3 aromatic rings. The van der Waals surface area contributed by atoms with E-state index in [0.717, 1.165) is 5.56 Å². The number of anilines is 1. The molecule has 8 nitrogen and oxygen atoms in total. The lowest BCUT2D eigenvalue weighted by Crippen LogP contribution is -2.30. The van der Waals surface area contributed by atoms with Crippen molar-refractivity contribution in [2.45, 2.75) is 18.9 Å². The lowest BCUT2D eigenvalue weighted by atomic mass is 10.0. The number of aliphatic hydroxyl groups is 1. The molecule has 8 heteroatoms. The molecule has 0 saturated heterocycles. The first kappa shape index (κ1) is 19.4. The third-order valence-corrected chi connectivity index (χ3v) is 4.41. The number of ether oxygens (including phenoxy) is 1. The predicted molar refractivity (Wildman–Crippen MR) is 105 cm³/mol. The van der Waals surface area contributed by atoms with E-state index in [-0.39, 0.29) is 19.0 Å². The molecule has 0 radical (unpaired) electrons. The lowest BCUT2D eigenvalue weighted by Gasteiger charge is -2.19. The standard InChI is InChI=1S/C20H22N4O4/c1-28-14-8-6-13(7-9-14)12-17(19(21)27)24-16-5-3-2-4-15(16)22-20(24)23-18(26)10-11-25/h2-9,17,25H,10-12H2,1H3,(H2,21,27)(H,22,23,26). The summed E-state index contributed by atoms with van der Waals surface area (Å²) in [7, 11) is 1.58. The minimum atomic E-state index is -0.759. The van der Waals surface area contributed by atoms with E-state index in [2.05, 4.69) is 10.3 Å². The number of hydrogen-bond donors (Lipinski definition) is 3. The molecule has 0 aliphatic carbocycles. The number of benzene rings is 2. The topological polar surface area (TPSA) is 119 Å². The van der Waals surface area contributed by atoms with Crippen LogP contribution >= 0.6 is 0 Å². The molecule has 0 bridgehead atoms. The van der Waals surface area contributed by atoms with Gasteiger partial charge < -0.3 is 15.6 Å². The minimum Gasteiger partial charge on any atom is -0.497 e. The van der Waals surface area contributed by atoms with Crippen LogP contribution in [0.25, 0.3) is 11.0 Å². The third kappa shape index (κ3) is 4.12. The van der Waals surface area contributed by atoms with E-state index in [0.29, 0.717) is 23.2 Å². The van der Waals surface area contributed by atoms with E-state index >= 15 is 0 Å². The second-order valence-corrected chi connectivity index (χ2v) is 6.29. The van der Waals surface area contributed by atoms with Crippen LogP contribution in [0.15, 0.2) is 48.5 Å². The Morgan fingerprint density at radius 1 is 1.21 bits per heavy atom. The molecule has 2 amide bonds. The average Bonchev–Trinajstić information content (AvgIpc) is 3.04. The van der Waals surface area contributed by atoms with Crippen LogP contribution in [0.5, 0.6) is 5.75 Å². The number of carbonyl (C=O) groups is 2. The third-order valence-electron chi connectivity index (χ3n) is 4.41. The van der Waals surface area contributed by atoms with Gasteiger partial charge in [-0.15, -0.1) is 0 Å². The number of hydrogen-bond acceptors (Lipinski definition) is 5. The summed E-state index contributed by atoms with van der Waals surface area (Å²) in [5.41, 5.74) is 7.91. The maximum absolute atomic E-state index is 12.3. The molecular weight excluding hydrogens is 360 g/mol. The predicted octanol–water partition coefficient (Wildman–Crippen LogP) is 1.63. The number of nitrogens with one attached hydrogen (secondary N) is 1. The number of rotatable bonds is 8. The molecule has 0 aliphatic heterocycles. The Morgan fingerprint density at radius 3 is 2.57 bits per heavy atom. The molecule has 2 aromatic carbocycles. The first-order valence-corrected chi connectivity index (χ1v) is 8.83. The Hall–Kier alpha value is -3.39. The highest BCUT2D eigenvalue weighted by atomic mass is 16.5. The molecule has 1 unspecified atom stereocenters. The molecule has 0 saturated carbocycles. The summed E-state index contributed by atoms with van der Waals surface area (Å²) >= 11 is 0. The molecular formula is C20H22N4O4. The Labute approximate surface area is 161 Å². The van der Waals surface area contributed by atoms with Gasteiger partial charge in [0.25, 0.3) is 0 Å². The van der Waals surface area contributed by atoms with Crippen molar-refractivity contribution in [1.82, 2.24) is 9.55 Å². The van der Waals surface area contributed by atoms with Crippen LogP contribution in [-0.2, 0) is 16.0 Å². The van der Waals surface area contributed by atoms with Gasteiger partial charge in [-0.3, -0.25) is 19.5 Å². The van der Waals surface area contributed by atoms with E-state index in [1.165, 1.54) is 0 Å². The Bertz CT molecular complexity index is 982. The van der Waals surface area contributed by atoms with Crippen LogP contribution in [0, 0.1) is 0 Å². The van der Waals surface area contributed by atoms with Gasteiger partial charge in [0.05, 0.1) is 31.2 Å². The zero-order valence-corrected chi connectivity index (χ0v) is 15.5. The fraction of sp³-hybridized carbons (Fsp3) is 0.250. The molecule has 3 rings (SSSR count). The maximum Gasteiger partial charge on any atom is 0.240 e. The summed E-state index contributed by atoms with van der Waals surface area (Å²) in [6, 6.07) is 13.8. The molecule has 0 fully saturated rings. The number of aromatic nitrogens is 2. The second-order valence-electron chi connectivity index (χ2n) is 6.29. The Kier molecular flexibility index (Phi) is 5.90. The van der Waals surface area contributed by atoms with E-state index in [9.17, 15) is 9.59 Å². The van der Waals surface area contributed by atoms with Crippen molar-refractivity contribution in [3.05, 3.63) is 54.1 Å². The number of carbonyl (C=O) groups excluding carboxylic acids is 2. The number of para-hydroxylation sites is 2. The summed E-state index contributed by atoms with van der Waals surface area (Å²) in [6.07, 6.45) is 0.255. The van der Waals surface area contributed by atoms with Crippen molar-refractivity contribution in [3.63, 3.8) is 0 Å². The van der Waals surface area contributed by atoms with Crippen LogP contribution < -0.4 is 15.8 Å². The van der Waals surface area contributed by atoms with Crippen molar-refractivity contribution in [3.8, 4) is 5.75 Å². The lowest BCUT2D eigenvalue weighted by molar-refractivity contribution is -0.121. The van der Waals surface area contributed by atoms with Gasteiger partial charge in [-0.25, -0.2) is 4.98 Å². The van der Waals surface area contributed by atoms with Crippen LogP contribution in [0.4, 0.5) is 5.95 Å². The van der Waals surface area contributed by atoms with Gasteiger partial charge in [0.2, 0.25) is 17.8 Å². The van der Waals surface area contributed by atoms with Gasteiger partial charge in [0, 0.05) is 6.42 Å². The number of aliphatic hydroxyl groups excluding tert-OH is 1. The molecule has 4 N–H and O–H groups in total. The molecule has 0 spiro atoms. The number of nitrogens with two attached hydrogens (primary N) is 1. The van der Waals surface area contributed by atoms with Crippen LogP contribution in [0.2, 0.25) is 0 Å². The van der Waals surface area contributed by atoms with Crippen LogP contribution in [-0.4, -0.2) is 40.2 Å². The highest BCUT2D eigenvalue weighted by Crippen LogP contribution is 2.27. The van der Waals surface area contributed by atoms with E-state index in [1.807, 2.05) is 42.5 Å². The summed E-state index contributed by atoms with van der Waals surface area (Å²) in [5.74, 6) is -0.00951. The van der Waals surface area contributed by atoms with E-state index in [4.69, 9.17) is 15.6 Å².